The van der Waals surface area contributed by atoms with Crippen LogP contribution in [0, 0.1) is 11.3 Å². The first-order valence-corrected chi connectivity index (χ1v) is 4.47. The highest BCUT2D eigenvalue weighted by Gasteiger charge is 2.16. The van der Waals surface area contributed by atoms with Gasteiger partial charge in [-0.1, -0.05) is 0 Å². The van der Waals surface area contributed by atoms with E-state index in [4.69, 9.17) is 11.0 Å². The maximum absolute atomic E-state index is 12.4. The van der Waals surface area contributed by atoms with Crippen LogP contribution in [0.5, 0.6) is 0 Å². The van der Waals surface area contributed by atoms with Gasteiger partial charge in [0.25, 0.3) is 6.43 Å². The molecule has 0 saturated carbocycles. The van der Waals surface area contributed by atoms with Crippen molar-refractivity contribution in [2.45, 2.75) is 13.0 Å². The predicted octanol–water partition coefficient (Wildman–Crippen LogP) is 2.11. The monoisotopic (exact) mass is 261 g/mol. The first-order valence-electron chi connectivity index (χ1n) is 3.67. The van der Waals surface area contributed by atoms with Crippen molar-refractivity contribution in [3.63, 3.8) is 0 Å². The zero-order chi connectivity index (χ0) is 10.7. The van der Waals surface area contributed by atoms with Crippen molar-refractivity contribution < 1.29 is 8.78 Å². The molecule has 74 valence electrons. The largest absolute Gasteiger partial charge is 0.326 e. The third-order valence-electron chi connectivity index (χ3n) is 1.62. The van der Waals surface area contributed by atoms with Crippen molar-refractivity contribution in [3.05, 3.63) is 27.5 Å². The molecular formula is C8H6BrF2N3. The van der Waals surface area contributed by atoms with Gasteiger partial charge in [-0.3, -0.25) is 0 Å². The van der Waals surface area contributed by atoms with Gasteiger partial charge in [0.15, 0.2) is 5.69 Å². The molecule has 1 aromatic rings. The lowest BCUT2D eigenvalue weighted by Crippen LogP contribution is -2.06. The van der Waals surface area contributed by atoms with Gasteiger partial charge in [0.05, 0.1) is 4.47 Å². The number of nitrogens with two attached hydrogens (primary N) is 1. The fraction of sp³-hybridized carbons (Fsp3) is 0.250. The summed E-state index contributed by atoms with van der Waals surface area (Å²) in [4.78, 5) is 3.52. The molecule has 2 N–H and O–H groups in total. The maximum atomic E-state index is 12.4. The van der Waals surface area contributed by atoms with E-state index in [-0.39, 0.29) is 17.8 Å². The summed E-state index contributed by atoms with van der Waals surface area (Å²) in [5, 5.41) is 8.57. The summed E-state index contributed by atoms with van der Waals surface area (Å²) in [7, 11) is 0. The molecule has 3 nitrogen and oxygen atoms in total. The number of aromatic nitrogens is 1. The molecule has 0 atom stereocenters. The van der Waals surface area contributed by atoms with Crippen LogP contribution in [0.2, 0.25) is 0 Å². The molecule has 6 heteroatoms. The lowest BCUT2D eigenvalue weighted by Gasteiger charge is -2.07. The van der Waals surface area contributed by atoms with Crippen molar-refractivity contribution in [2.24, 2.45) is 5.73 Å². The van der Waals surface area contributed by atoms with Gasteiger partial charge in [0.2, 0.25) is 0 Å². The molecule has 0 saturated heterocycles. The summed E-state index contributed by atoms with van der Waals surface area (Å²) in [5.41, 5.74) is 5.03. The Morgan fingerprint density at radius 3 is 2.71 bits per heavy atom. The van der Waals surface area contributed by atoms with Gasteiger partial charge in [0, 0.05) is 6.54 Å². The van der Waals surface area contributed by atoms with E-state index in [0.29, 0.717) is 4.47 Å². The fourth-order valence-corrected chi connectivity index (χ4v) is 1.43. The summed E-state index contributed by atoms with van der Waals surface area (Å²) in [5.74, 6) is 0. The minimum Gasteiger partial charge on any atom is -0.326 e. The highest BCUT2D eigenvalue weighted by Crippen LogP contribution is 2.25. The normalized spacial score (nSPS) is 10.3. The van der Waals surface area contributed by atoms with Crippen LogP contribution in [0.25, 0.3) is 0 Å². The summed E-state index contributed by atoms with van der Waals surface area (Å²) in [6, 6.07) is 3.11. The van der Waals surface area contributed by atoms with Crippen LogP contribution >= 0.6 is 15.9 Å². The molecular weight excluding hydrogens is 256 g/mol. The SMILES string of the molecule is N#Cc1nc(C(F)F)c(CN)cc1Br. The Balaban J connectivity index is 3.34. The average Bonchev–Trinajstić information content (AvgIpc) is 2.16. The summed E-state index contributed by atoms with van der Waals surface area (Å²) < 4.78 is 25.2. The van der Waals surface area contributed by atoms with Crippen molar-refractivity contribution in [1.82, 2.24) is 4.98 Å². The maximum Gasteiger partial charge on any atom is 0.280 e. The van der Waals surface area contributed by atoms with E-state index in [0.717, 1.165) is 0 Å². The zero-order valence-electron chi connectivity index (χ0n) is 6.97. The summed E-state index contributed by atoms with van der Waals surface area (Å²) in [6.45, 7) is -0.0308. The van der Waals surface area contributed by atoms with Gasteiger partial charge in [-0.2, -0.15) is 5.26 Å². The first-order chi connectivity index (χ1) is 6.60. The third kappa shape index (κ3) is 2.05. The molecule has 0 spiro atoms. The van der Waals surface area contributed by atoms with Crippen LogP contribution < -0.4 is 5.73 Å². The molecule has 0 aromatic carbocycles. The first kappa shape index (κ1) is 11.0. The smallest absolute Gasteiger partial charge is 0.280 e. The zero-order valence-corrected chi connectivity index (χ0v) is 8.55. The van der Waals surface area contributed by atoms with Gasteiger partial charge < -0.3 is 5.73 Å². The molecule has 0 aliphatic heterocycles. The molecule has 0 bridgehead atoms. The molecule has 0 radical (unpaired) electrons. The van der Waals surface area contributed by atoms with Crippen molar-refractivity contribution in [3.8, 4) is 6.07 Å². The molecule has 0 aliphatic rings. The number of halogens is 3. The molecule has 1 aromatic heterocycles. The molecule has 14 heavy (non-hydrogen) atoms. The van der Waals surface area contributed by atoms with Crippen molar-refractivity contribution >= 4 is 15.9 Å². The number of pyridine rings is 1. The molecule has 0 aliphatic carbocycles. The van der Waals surface area contributed by atoms with Crippen LogP contribution in [0.15, 0.2) is 10.5 Å². The number of rotatable bonds is 2. The molecule has 0 amide bonds. The summed E-state index contributed by atoms with van der Waals surface area (Å²) >= 11 is 3.05. The van der Waals surface area contributed by atoms with E-state index in [2.05, 4.69) is 20.9 Å². The lowest BCUT2D eigenvalue weighted by atomic mass is 10.2. The lowest BCUT2D eigenvalue weighted by molar-refractivity contribution is 0.144. The van der Waals surface area contributed by atoms with Crippen LogP contribution in [-0.4, -0.2) is 4.98 Å². The third-order valence-corrected chi connectivity index (χ3v) is 2.23. The standard InChI is InChI=1S/C8H6BrF2N3/c9-5-1-4(2-12)7(8(10)11)14-6(5)3-13/h1,8H,2,12H2. The number of hydrogen-bond acceptors (Lipinski definition) is 3. The van der Waals surface area contributed by atoms with E-state index in [1.165, 1.54) is 6.07 Å². The van der Waals surface area contributed by atoms with Crippen molar-refractivity contribution in [1.29, 1.82) is 5.26 Å². The summed E-state index contributed by atoms with van der Waals surface area (Å²) in [6.07, 6.45) is -2.71. The van der Waals surface area contributed by atoms with Gasteiger partial charge in [0.1, 0.15) is 11.8 Å². The second-order valence-electron chi connectivity index (χ2n) is 2.48. The van der Waals surface area contributed by atoms with Crippen LogP contribution in [0.4, 0.5) is 8.78 Å². The topological polar surface area (TPSA) is 62.7 Å². The highest BCUT2D eigenvalue weighted by molar-refractivity contribution is 9.10. The Morgan fingerprint density at radius 2 is 2.29 bits per heavy atom. The second-order valence-corrected chi connectivity index (χ2v) is 3.33. The molecule has 1 heterocycles. The number of nitrogens with zero attached hydrogens (tertiary/aromatic N) is 2. The van der Waals surface area contributed by atoms with E-state index < -0.39 is 12.1 Å². The molecule has 0 unspecified atom stereocenters. The van der Waals surface area contributed by atoms with Gasteiger partial charge in [-0.15, -0.1) is 0 Å². The quantitative estimate of drug-likeness (QED) is 0.887. The Labute approximate surface area is 87.7 Å². The van der Waals surface area contributed by atoms with Crippen LogP contribution in [0.1, 0.15) is 23.4 Å². The van der Waals surface area contributed by atoms with E-state index >= 15 is 0 Å². The number of hydrogen-bond donors (Lipinski definition) is 1. The highest BCUT2D eigenvalue weighted by atomic mass is 79.9. The van der Waals surface area contributed by atoms with Gasteiger partial charge >= 0.3 is 0 Å². The van der Waals surface area contributed by atoms with E-state index in [1.54, 1.807) is 6.07 Å². The predicted molar refractivity (Wildman–Crippen MR) is 49.5 cm³/mol. The minimum absolute atomic E-state index is 0.0308. The second kappa shape index (κ2) is 4.44. The number of alkyl halides is 2. The Bertz CT molecular complexity index is 387. The molecule has 1 rings (SSSR count). The Kier molecular flexibility index (Phi) is 3.49. The average molecular weight is 262 g/mol. The minimum atomic E-state index is -2.71. The Hall–Kier alpha value is -1.06. The Morgan fingerprint density at radius 1 is 1.64 bits per heavy atom. The van der Waals surface area contributed by atoms with E-state index in [1.807, 2.05) is 0 Å². The molecule has 0 fully saturated rings. The number of nitriles is 1. The van der Waals surface area contributed by atoms with Gasteiger partial charge in [-0.25, -0.2) is 13.8 Å². The van der Waals surface area contributed by atoms with E-state index in [9.17, 15) is 8.78 Å². The van der Waals surface area contributed by atoms with Crippen LogP contribution in [0.3, 0.4) is 0 Å². The van der Waals surface area contributed by atoms with Gasteiger partial charge in [-0.05, 0) is 27.6 Å². The van der Waals surface area contributed by atoms with Crippen LogP contribution in [-0.2, 0) is 6.54 Å². The fourth-order valence-electron chi connectivity index (χ4n) is 0.972. The van der Waals surface area contributed by atoms with Crippen molar-refractivity contribution in [2.75, 3.05) is 0 Å².